The molecule has 0 spiro atoms. The number of nitrogens with zero attached hydrogens (tertiary/aromatic N) is 2. The number of anilines is 4. The molecule has 0 radical (unpaired) electrons. The molecule has 52 heavy (non-hydrogen) atoms. The van der Waals surface area contributed by atoms with Gasteiger partial charge in [-0.1, -0.05) is 127 Å². The summed E-state index contributed by atoms with van der Waals surface area (Å²) in [7, 11) is 0. The SMILES string of the molecule is C=C1C2=C(C=Cc3ccccc3N2c2ccccc2)/C=C\N(c2ccc(C(=N)N)cc2)c2ccccc21.Cc1ccccc1.NCC1=CCCC=C1. The molecule has 0 aromatic heterocycles. The standard InChI is InChI=1S/C33H26N4.C7H11N.C7H8/c1-23-29-12-6-8-14-31(29)36(27-19-17-26(18-20-27)33(34)35)22-21-25-16-15-24-9-5-7-13-30(24)37(32(23)25)28-10-3-2-4-11-28;8-6-7-4-2-1-3-5-7;1-7-5-3-2-4-6-7/h2-22H,1H2,(H3,34,35);2,4-5H,1,3,6,8H2;2-6H,1H3/b22-21-;;. The van der Waals surface area contributed by atoms with Gasteiger partial charge in [0.05, 0.1) is 17.1 Å². The summed E-state index contributed by atoms with van der Waals surface area (Å²) in [6.07, 6.45) is 17.4. The van der Waals surface area contributed by atoms with E-state index in [1.54, 1.807) is 0 Å². The van der Waals surface area contributed by atoms with E-state index in [1.807, 2.05) is 54.6 Å². The maximum atomic E-state index is 7.75. The lowest BCUT2D eigenvalue weighted by molar-refractivity contribution is 0.995. The van der Waals surface area contributed by atoms with E-state index >= 15 is 0 Å². The molecule has 0 unspecified atom stereocenters. The van der Waals surface area contributed by atoms with Crippen LogP contribution in [0.15, 0.2) is 193 Å². The van der Waals surface area contributed by atoms with Crippen molar-refractivity contribution in [2.45, 2.75) is 19.8 Å². The number of nitrogens with two attached hydrogens (primary N) is 2. The second-order valence-electron chi connectivity index (χ2n) is 12.6. The van der Waals surface area contributed by atoms with Crippen molar-refractivity contribution in [1.29, 1.82) is 5.41 Å². The van der Waals surface area contributed by atoms with E-state index < -0.39 is 0 Å². The molecule has 8 rings (SSSR count). The molecule has 0 bridgehead atoms. The Balaban J connectivity index is 0.000000255. The number of allylic oxidation sites excluding steroid dienone is 6. The molecule has 0 saturated carbocycles. The van der Waals surface area contributed by atoms with Crippen molar-refractivity contribution >= 4 is 40.2 Å². The average Bonchev–Trinajstić information content (AvgIpc) is 3.36. The van der Waals surface area contributed by atoms with Crippen LogP contribution in [0.4, 0.5) is 22.7 Å². The highest BCUT2D eigenvalue weighted by atomic mass is 15.2. The van der Waals surface area contributed by atoms with E-state index in [0.717, 1.165) is 50.7 Å². The highest BCUT2D eigenvalue weighted by Crippen LogP contribution is 2.45. The van der Waals surface area contributed by atoms with Crippen molar-refractivity contribution in [2.75, 3.05) is 16.3 Å². The first-order valence-corrected chi connectivity index (χ1v) is 17.6. The number of aryl methyl sites for hydroxylation is 1. The quantitative estimate of drug-likeness (QED) is 0.130. The molecule has 0 atom stereocenters. The van der Waals surface area contributed by atoms with Crippen molar-refractivity contribution in [2.24, 2.45) is 11.5 Å². The first kappa shape index (κ1) is 35.4. The van der Waals surface area contributed by atoms with Crippen molar-refractivity contribution in [3.8, 4) is 0 Å². The fourth-order valence-electron chi connectivity index (χ4n) is 6.31. The normalized spacial score (nSPS) is 14.8. The lowest BCUT2D eigenvalue weighted by Crippen LogP contribution is -2.21. The lowest BCUT2D eigenvalue weighted by atomic mass is 9.95. The third-order valence-corrected chi connectivity index (χ3v) is 9.01. The summed E-state index contributed by atoms with van der Waals surface area (Å²) in [4.78, 5) is 4.47. The number of nitrogen functional groups attached to an aromatic ring is 1. The highest BCUT2D eigenvalue weighted by Gasteiger charge is 2.27. The Morgan fingerprint density at radius 2 is 1.35 bits per heavy atom. The number of benzene rings is 5. The summed E-state index contributed by atoms with van der Waals surface area (Å²) >= 11 is 0. The third-order valence-electron chi connectivity index (χ3n) is 9.01. The first-order chi connectivity index (χ1) is 25.4. The minimum atomic E-state index is 0.0579. The molecule has 3 aliphatic rings. The zero-order chi connectivity index (χ0) is 36.3. The molecule has 5 N–H and O–H groups in total. The van der Waals surface area contributed by atoms with Gasteiger partial charge in [-0.3, -0.25) is 5.41 Å². The van der Waals surface area contributed by atoms with Gasteiger partial charge in [-0.25, -0.2) is 0 Å². The number of para-hydroxylation sites is 3. The maximum absolute atomic E-state index is 7.75. The van der Waals surface area contributed by atoms with Crippen LogP contribution in [0.2, 0.25) is 0 Å². The van der Waals surface area contributed by atoms with Crippen LogP contribution in [0, 0.1) is 12.3 Å². The van der Waals surface area contributed by atoms with Gasteiger partial charge in [0.2, 0.25) is 0 Å². The summed E-state index contributed by atoms with van der Waals surface area (Å²) in [5, 5.41) is 7.75. The van der Waals surface area contributed by atoms with Crippen LogP contribution in [0.1, 0.15) is 35.1 Å². The molecule has 5 heteroatoms. The van der Waals surface area contributed by atoms with Crippen molar-refractivity contribution in [3.05, 3.63) is 216 Å². The molecule has 0 saturated heterocycles. The Labute approximate surface area is 308 Å². The van der Waals surface area contributed by atoms with E-state index in [-0.39, 0.29) is 5.84 Å². The molecular formula is C47H45N5. The second kappa shape index (κ2) is 17.0. The molecule has 5 aromatic rings. The molecule has 0 fully saturated rings. The average molecular weight is 680 g/mol. The first-order valence-electron chi connectivity index (χ1n) is 17.6. The predicted molar refractivity (Wildman–Crippen MR) is 222 cm³/mol. The summed E-state index contributed by atoms with van der Waals surface area (Å²) in [5.74, 6) is 0.0579. The highest BCUT2D eigenvalue weighted by molar-refractivity contribution is 5.98. The Hall–Kier alpha value is -6.43. The van der Waals surface area contributed by atoms with Crippen LogP contribution in [0.25, 0.3) is 11.6 Å². The number of hydrogen-bond donors (Lipinski definition) is 3. The predicted octanol–water partition coefficient (Wildman–Crippen LogP) is 11.0. The van der Waals surface area contributed by atoms with Gasteiger partial charge in [-0.2, -0.15) is 0 Å². The Kier molecular flexibility index (Phi) is 11.6. The molecule has 2 aliphatic heterocycles. The van der Waals surface area contributed by atoms with Crippen LogP contribution >= 0.6 is 0 Å². The van der Waals surface area contributed by atoms with Gasteiger partial charge < -0.3 is 21.3 Å². The van der Waals surface area contributed by atoms with Crippen LogP contribution in [0.5, 0.6) is 0 Å². The fourth-order valence-corrected chi connectivity index (χ4v) is 6.31. The maximum Gasteiger partial charge on any atom is 0.122 e. The summed E-state index contributed by atoms with van der Waals surface area (Å²) in [6, 6.07) is 45.3. The van der Waals surface area contributed by atoms with Crippen LogP contribution in [-0.4, -0.2) is 12.4 Å². The van der Waals surface area contributed by atoms with Crippen molar-refractivity contribution < 1.29 is 0 Å². The second-order valence-corrected chi connectivity index (χ2v) is 12.6. The molecule has 2 heterocycles. The van der Waals surface area contributed by atoms with E-state index in [0.29, 0.717) is 12.1 Å². The summed E-state index contributed by atoms with van der Waals surface area (Å²) in [6.45, 7) is 7.43. The van der Waals surface area contributed by atoms with E-state index in [1.165, 1.54) is 24.0 Å². The van der Waals surface area contributed by atoms with Gasteiger partial charge in [0, 0.05) is 46.4 Å². The number of hydrogen-bond acceptors (Lipinski definition) is 4. The zero-order valence-corrected chi connectivity index (χ0v) is 29.6. The monoisotopic (exact) mass is 679 g/mol. The molecule has 0 amide bonds. The summed E-state index contributed by atoms with van der Waals surface area (Å²) < 4.78 is 0. The minimum absolute atomic E-state index is 0.0579. The topological polar surface area (TPSA) is 82.4 Å². The largest absolute Gasteiger partial charge is 0.384 e. The third kappa shape index (κ3) is 8.29. The fraction of sp³-hybridized carbons (Fsp3) is 0.0851. The zero-order valence-electron chi connectivity index (χ0n) is 29.6. The van der Waals surface area contributed by atoms with Gasteiger partial charge in [0.25, 0.3) is 0 Å². The van der Waals surface area contributed by atoms with Gasteiger partial charge in [-0.05, 0) is 85.5 Å². The number of amidine groups is 1. The van der Waals surface area contributed by atoms with Gasteiger partial charge >= 0.3 is 0 Å². The number of fused-ring (bicyclic) bond motifs is 2. The minimum Gasteiger partial charge on any atom is -0.384 e. The Morgan fingerprint density at radius 3 is 1.96 bits per heavy atom. The smallest absolute Gasteiger partial charge is 0.122 e. The molecule has 1 aliphatic carbocycles. The van der Waals surface area contributed by atoms with Crippen molar-refractivity contribution in [3.63, 3.8) is 0 Å². The van der Waals surface area contributed by atoms with E-state index in [9.17, 15) is 0 Å². The van der Waals surface area contributed by atoms with E-state index in [2.05, 4.69) is 145 Å². The van der Waals surface area contributed by atoms with Gasteiger partial charge in [-0.15, -0.1) is 0 Å². The molecular weight excluding hydrogens is 635 g/mol. The number of nitrogens with one attached hydrogen (secondary N) is 1. The summed E-state index contributed by atoms with van der Waals surface area (Å²) in [5.41, 5.74) is 23.8. The Morgan fingerprint density at radius 1 is 0.692 bits per heavy atom. The van der Waals surface area contributed by atoms with Crippen LogP contribution in [-0.2, 0) is 0 Å². The van der Waals surface area contributed by atoms with Crippen LogP contribution in [0.3, 0.4) is 0 Å². The Bertz CT molecular complexity index is 2170. The number of rotatable bonds is 4. The lowest BCUT2D eigenvalue weighted by Gasteiger charge is -2.33. The molecule has 5 nitrogen and oxygen atoms in total. The van der Waals surface area contributed by atoms with Gasteiger partial charge in [0.15, 0.2) is 0 Å². The molecule has 5 aromatic carbocycles. The van der Waals surface area contributed by atoms with E-state index in [4.69, 9.17) is 16.9 Å². The van der Waals surface area contributed by atoms with Crippen LogP contribution < -0.4 is 21.3 Å². The van der Waals surface area contributed by atoms with Crippen molar-refractivity contribution in [1.82, 2.24) is 0 Å². The van der Waals surface area contributed by atoms with Gasteiger partial charge in [0.1, 0.15) is 5.84 Å². The molecule has 258 valence electrons.